The molecule has 0 saturated heterocycles. The summed E-state index contributed by atoms with van der Waals surface area (Å²) in [5.41, 5.74) is 4.79. The second kappa shape index (κ2) is 9.91. The van der Waals surface area contributed by atoms with Gasteiger partial charge in [0.1, 0.15) is 12.4 Å². The number of pyridine rings is 1. The summed E-state index contributed by atoms with van der Waals surface area (Å²) in [7, 11) is 0. The van der Waals surface area contributed by atoms with E-state index in [-0.39, 0.29) is 6.03 Å². The molecule has 156 valence electrons. The Kier molecular flexibility index (Phi) is 6.59. The topological polar surface area (TPSA) is 81.1 Å². The van der Waals surface area contributed by atoms with Crippen molar-refractivity contribution in [1.29, 1.82) is 0 Å². The van der Waals surface area contributed by atoms with Gasteiger partial charge in [0.15, 0.2) is 0 Å². The number of aromatic nitrogens is 3. The van der Waals surface area contributed by atoms with Crippen LogP contribution in [-0.2, 0) is 19.4 Å². The third kappa shape index (κ3) is 4.97. The number of amides is 2. The van der Waals surface area contributed by atoms with E-state index in [1.54, 1.807) is 12.4 Å². The van der Waals surface area contributed by atoms with Crippen molar-refractivity contribution in [1.82, 2.24) is 25.4 Å². The summed E-state index contributed by atoms with van der Waals surface area (Å²) in [4.78, 5) is 16.2. The molecule has 0 aliphatic heterocycles. The van der Waals surface area contributed by atoms with Gasteiger partial charge in [-0.15, -0.1) is 0 Å². The zero-order valence-electron chi connectivity index (χ0n) is 17.0. The van der Waals surface area contributed by atoms with Crippen LogP contribution in [0.3, 0.4) is 0 Å². The van der Waals surface area contributed by atoms with Gasteiger partial charge in [0.2, 0.25) is 0 Å². The molecule has 0 saturated carbocycles. The van der Waals surface area contributed by atoms with Crippen LogP contribution in [0.15, 0.2) is 54.9 Å². The number of hydrogen-bond acceptors (Lipinski definition) is 4. The molecular formula is C23H27N5O2. The lowest BCUT2D eigenvalue weighted by Gasteiger charge is -2.14. The van der Waals surface area contributed by atoms with E-state index in [2.05, 4.69) is 20.3 Å². The maximum atomic E-state index is 12.0. The average Bonchev–Trinajstić information content (AvgIpc) is 3.17. The number of carbonyl (C=O) groups is 1. The number of ether oxygens (including phenoxy) is 1. The Bertz CT molecular complexity index is 956. The molecule has 0 fully saturated rings. The van der Waals surface area contributed by atoms with E-state index in [1.807, 2.05) is 42.5 Å². The highest BCUT2D eigenvalue weighted by atomic mass is 16.5. The number of hydrogen-bond donors (Lipinski definition) is 2. The number of para-hydroxylation sites is 1. The Morgan fingerprint density at radius 2 is 1.77 bits per heavy atom. The van der Waals surface area contributed by atoms with Gasteiger partial charge in [0, 0.05) is 35.8 Å². The number of fused-ring (bicyclic) bond motifs is 1. The molecule has 1 aliphatic rings. The predicted molar refractivity (Wildman–Crippen MR) is 115 cm³/mol. The molecule has 1 aromatic carbocycles. The number of benzene rings is 1. The third-order valence-electron chi connectivity index (χ3n) is 5.22. The monoisotopic (exact) mass is 405 g/mol. The summed E-state index contributed by atoms with van der Waals surface area (Å²) in [6.07, 6.45) is 8.08. The van der Waals surface area contributed by atoms with Crippen LogP contribution in [0.2, 0.25) is 0 Å². The minimum Gasteiger partial charge on any atom is -0.492 e. The van der Waals surface area contributed by atoms with Crippen LogP contribution in [0.5, 0.6) is 5.75 Å². The molecule has 2 aromatic heterocycles. The maximum Gasteiger partial charge on any atom is 0.314 e. The fourth-order valence-corrected chi connectivity index (χ4v) is 3.79. The molecule has 0 bridgehead atoms. The van der Waals surface area contributed by atoms with Crippen LogP contribution in [0.1, 0.15) is 24.1 Å². The molecule has 2 amide bonds. The maximum absolute atomic E-state index is 12.0. The van der Waals surface area contributed by atoms with Crippen LogP contribution >= 0.6 is 0 Å². The SMILES string of the molecule is O=C(NCCOc1ccccc1)NCCn1nc(-c2ccncc2)c2c1CCCC2. The van der Waals surface area contributed by atoms with Crippen molar-refractivity contribution >= 4 is 6.03 Å². The summed E-state index contributed by atoms with van der Waals surface area (Å²) in [6, 6.07) is 13.4. The summed E-state index contributed by atoms with van der Waals surface area (Å²) < 4.78 is 7.63. The van der Waals surface area contributed by atoms with Crippen molar-refractivity contribution in [2.45, 2.75) is 32.2 Å². The molecule has 0 unspecified atom stereocenters. The van der Waals surface area contributed by atoms with Gasteiger partial charge in [0.05, 0.1) is 18.8 Å². The van der Waals surface area contributed by atoms with Crippen molar-refractivity contribution in [2.24, 2.45) is 0 Å². The molecular weight excluding hydrogens is 378 g/mol. The van der Waals surface area contributed by atoms with Crippen molar-refractivity contribution in [3.8, 4) is 17.0 Å². The summed E-state index contributed by atoms with van der Waals surface area (Å²) >= 11 is 0. The number of rotatable bonds is 8. The fraction of sp³-hybridized carbons (Fsp3) is 0.348. The normalized spacial score (nSPS) is 12.8. The zero-order chi connectivity index (χ0) is 20.6. The first-order valence-electron chi connectivity index (χ1n) is 10.5. The predicted octanol–water partition coefficient (Wildman–Crippen LogP) is 3.20. The van der Waals surface area contributed by atoms with E-state index in [9.17, 15) is 4.79 Å². The molecule has 3 aromatic rings. The van der Waals surface area contributed by atoms with E-state index < -0.39 is 0 Å². The number of nitrogens with zero attached hydrogens (tertiary/aromatic N) is 3. The molecule has 7 nitrogen and oxygen atoms in total. The quantitative estimate of drug-likeness (QED) is 0.564. The van der Waals surface area contributed by atoms with Gasteiger partial charge in [-0.05, 0) is 49.9 Å². The highest BCUT2D eigenvalue weighted by Gasteiger charge is 2.21. The smallest absolute Gasteiger partial charge is 0.314 e. The van der Waals surface area contributed by atoms with Gasteiger partial charge in [-0.1, -0.05) is 18.2 Å². The number of carbonyl (C=O) groups excluding carboxylic acids is 1. The highest BCUT2D eigenvalue weighted by molar-refractivity contribution is 5.73. The lowest BCUT2D eigenvalue weighted by molar-refractivity contribution is 0.236. The van der Waals surface area contributed by atoms with Crippen molar-refractivity contribution < 1.29 is 9.53 Å². The summed E-state index contributed by atoms with van der Waals surface area (Å²) in [5.74, 6) is 0.799. The van der Waals surface area contributed by atoms with E-state index in [0.717, 1.165) is 29.8 Å². The van der Waals surface area contributed by atoms with E-state index in [4.69, 9.17) is 9.84 Å². The first-order chi connectivity index (χ1) is 14.8. The van der Waals surface area contributed by atoms with Gasteiger partial charge in [-0.25, -0.2) is 4.79 Å². The Morgan fingerprint density at radius 1 is 1.00 bits per heavy atom. The summed E-state index contributed by atoms with van der Waals surface area (Å²) in [5, 5.41) is 10.6. The van der Waals surface area contributed by atoms with Crippen LogP contribution in [0, 0.1) is 0 Å². The largest absolute Gasteiger partial charge is 0.492 e. The molecule has 0 atom stereocenters. The Morgan fingerprint density at radius 3 is 2.60 bits per heavy atom. The standard InChI is InChI=1S/C23H27N5O2/c29-23(26-15-17-30-19-6-2-1-3-7-19)25-14-16-28-21-9-5-4-8-20(21)22(27-28)18-10-12-24-13-11-18/h1-3,6-7,10-13H,4-5,8-9,14-17H2,(H2,25,26,29). The Labute approximate surface area is 176 Å². The fourth-order valence-electron chi connectivity index (χ4n) is 3.79. The van der Waals surface area contributed by atoms with Gasteiger partial charge in [-0.2, -0.15) is 5.10 Å². The molecule has 4 rings (SSSR count). The van der Waals surface area contributed by atoms with Gasteiger partial charge in [-0.3, -0.25) is 9.67 Å². The van der Waals surface area contributed by atoms with Crippen LogP contribution < -0.4 is 15.4 Å². The molecule has 2 heterocycles. The highest BCUT2D eigenvalue weighted by Crippen LogP contribution is 2.30. The minimum absolute atomic E-state index is 0.193. The molecule has 1 aliphatic carbocycles. The average molecular weight is 406 g/mol. The number of nitrogens with one attached hydrogen (secondary N) is 2. The molecule has 2 N–H and O–H groups in total. The van der Waals surface area contributed by atoms with Gasteiger partial charge < -0.3 is 15.4 Å². The lowest BCUT2D eigenvalue weighted by Crippen LogP contribution is -2.39. The Balaban J connectivity index is 1.27. The van der Waals surface area contributed by atoms with Crippen molar-refractivity contribution in [2.75, 3.05) is 19.7 Å². The third-order valence-corrected chi connectivity index (χ3v) is 5.22. The number of urea groups is 1. The van der Waals surface area contributed by atoms with Crippen molar-refractivity contribution in [3.63, 3.8) is 0 Å². The zero-order valence-corrected chi connectivity index (χ0v) is 17.0. The molecule has 0 spiro atoms. The first kappa shape index (κ1) is 19.9. The van der Waals surface area contributed by atoms with Gasteiger partial charge >= 0.3 is 6.03 Å². The van der Waals surface area contributed by atoms with Crippen LogP contribution in [0.25, 0.3) is 11.3 Å². The summed E-state index contributed by atoms with van der Waals surface area (Å²) in [6.45, 7) is 2.06. The second-order valence-corrected chi connectivity index (χ2v) is 7.28. The minimum atomic E-state index is -0.193. The lowest BCUT2D eigenvalue weighted by atomic mass is 9.94. The van der Waals surface area contributed by atoms with Crippen LogP contribution in [0.4, 0.5) is 4.79 Å². The van der Waals surface area contributed by atoms with Gasteiger partial charge in [0.25, 0.3) is 0 Å². The van der Waals surface area contributed by atoms with Crippen LogP contribution in [-0.4, -0.2) is 40.5 Å². The molecule has 30 heavy (non-hydrogen) atoms. The van der Waals surface area contributed by atoms with E-state index >= 15 is 0 Å². The molecule has 7 heteroatoms. The molecule has 0 radical (unpaired) electrons. The first-order valence-corrected chi connectivity index (χ1v) is 10.5. The van der Waals surface area contributed by atoms with Crippen molar-refractivity contribution in [3.05, 3.63) is 66.1 Å². The second-order valence-electron chi connectivity index (χ2n) is 7.28. The Hall–Kier alpha value is -3.35. The van der Waals surface area contributed by atoms with E-state index in [0.29, 0.717) is 26.2 Å². The van der Waals surface area contributed by atoms with E-state index in [1.165, 1.54) is 24.1 Å².